The van der Waals surface area contributed by atoms with Crippen molar-refractivity contribution in [3.05, 3.63) is 63.9 Å². The van der Waals surface area contributed by atoms with Crippen molar-refractivity contribution in [2.24, 2.45) is 12.0 Å². The van der Waals surface area contributed by atoms with Crippen LogP contribution in [0.1, 0.15) is 23.6 Å². The van der Waals surface area contributed by atoms with Gasteiger partial charge in [-0.25, -0.2) is 9.89 Å². The van der Waals surface area contributed by atoms with Crippen LogP contribution in [0.15, 0.2) is 52.3 Å². The molecule has 0 radical (unpaired) electrons. The Kier molecular flexibility index (Phi) is 4.15. The molecule has 0 fully saturated rings. The van der Waals surface area contributed by atoms with Gasteiger partial charge in [0, 0.05) is 18.9 Å². The van der Waals surface area contributed by atoms with E-state index in [1.807, 2.05) is 6.19 Å². The van der Waals surface area contributed by atoms with E-state index in [0.717, 1.165) is 0 Å². The molecule has 0 amide bonds. The number of aromatic nitrogens is 1. The molecule has 31 heavy (non-hydrogen) atoms. The van der Waals surface area contributed by atoms with E-state index in [2.05, 4.69) is 4.99 Å². The molecular weight excluding hydrogens is 398 g/mol. The van der Waals surface area contributed by atoms with E-state index in [9.17, 15) is 15.2 Å². The number of aromatic hydroxyl groups is 1. The predicted octanol–water partition coefficient (Wildman–Crippen LogP) is 2.62. The Morgan fingerprint density at radius 1 is 1.23 bits per heavy atom. The van der Waals surface area contributed by atoms with Crippen molar-refractivity contribution in [3.63, 3.8) is 0 Å². The summed E-state index contributed by atoms with van der Waals surface area (Å²) in [6.07, 6.45) is 2.15. The van der Waals surface area contributed by atoms with Crippen LogP contribution in [-0.2, 0) is 7.05 Å². The average molecular weight is 415 g/mol. The van der Waals surface area contributed by atoms with Gasteiger partial charge in [-0.15, -0.1) is 0 Å². The van der Waals surface area contributed by atoms with Gasteiger partial charge in [-0.3, -0.25) is 10.2 Å². The van der Waals surface area contributed by atoms with Crippen LogP contribution >= 0.6 is 0 Å². The Morgan fingerprint density at radius 3 is 2.81 bits per heavy atom. The lowest BCUT2D eigenvalue weighted by Crippen LogP contribution is -2.37. The standard InChI is InChI=1S/C22H17N5O4/c1-26-15-5-3-2-4-13(15)20(28)19(21(26)29)14-9-16(27(10-23)22(24)25-14)12-6-7-17-18(8-12)31-11-30-17/h2-8,16,24,28H,9,11H2,1H3. The number of benzene rings is 2. The van der Waals surface area contributed by atoms with E-state index in [1.54, 1.807) is 49.5 Å². The third-order valence-corrected chi connectivity index (χ3v) is 5.62. The van der Waals surface area contributed by atoms with Crippen LogP contribution in [0.25, 0.3) is 10.9 Å². The minimum Gasteiger partial charge on any atom is -0.506 e. The van der Waals surface area contributed by atoms with Crippen molar-refractivity contribution >= 4 is 22.6 Å². The van der Waals surface area contributed by atoms with Crippen molar-refractivity contribution in [3.8, 4) is 23.4 Å². The highest BCUT2D eigenvalue weighted by Crippen LogP contribution is 2.38. The number of nitriles is 1. The average Bonchev–Trinajstić information content (AvgIpc) is 3.25. The van der Waals surface area contributed by atoms with Crippen LogP contribution in [-0.4, -0.2) is 33.0 Å². The molecule has 0 saturated heterocycles. The maximum absolute atomic E-state index is 13.1. The highest BCUT2D eigenvalue weighted by molar-refractivity contribution is 6.12. The first-order chi connectivity index (χ1) is 15.0. The number of hydrogen-bond acceptors (Lipinski definition) is 6. The first-order valence-corrected chi connectivity index (χ1v) is 9.55. The smallest absolute Gasteiger partial charge is 0.263 e. The Balaban J connectivity index is 1.65. The summed E-state index contributed by atoms with van der Waals surface area (Å²) in [4.78, 5) is 18.5. The van der Waals surface area contributed by atoms with Crippen molar-refractivity contribution in [1.82, 2.24) is 9.47 Å². The lowest BCUT2D eigenvalue weighted by Gasteiger charge is -2.30. The number of fused-ring (bicyclic) bond motifs is 2. The van der Waals surface area contributed by atoms with Gasteiger partial charge in [0.2, 0.25) is 12.8 Å². The van der Waals surface area contributed by atoms with E-state index in [-0.39, 0.29) is 36.2 Å². The van der Waals surface area contributed by atoms with Gasteiger partial charge in [0.25, 0.3) is 5.56 Å². The molecule has 5 rings (SSSR count). The van der Waals surface area contributed by atoms with Crippen LogP contribution in [0.5, 0.6) is 17.2 Å². The van der Waals surface area contributed by atoms with E-state index in [1.165, 1.54) is 9.47 Å². The summed E-state index contributed by atoms with van der Waals surface area (Å²) in [5, 5.41) is 29.3. The highest BCUT2D eigenvalue weighted by atomic mass is 16.7. The SMILES string of the molecule is Cn1c(=O)c(C2=NC(=N)N(C#N)C(c3ccc4c(c3)OCO4)C2)c(O)c2ccccc21. The van der Waals surface area contributed by atoms with E-state index in [0.29, 0.717) is 28.0 Å². The molecule has 0 aliphatic carbocycles. The van der Waals surface area contributed by atoms with Gasteiger partial charge >= 0.3 is 0 Å². The molecule has 9 nitrogen and oxygen atoms in total. The molecule has 3 heterocycles. The van der Waals surface area contributed by atoms with Gasteiger partial charge in [-0.2, -0.15) is 5.26 Å². The number of para-hydroxylation sites is 1. The summed E-state index contributed by atoms with van der Waals surface area (Å²) in [5.74, 6) is 0.671. The first kappa shape index (κ1) is 18.7. The number of nitrogens with one attached hydrogen (secondary N) is 1. The summed E-state index contributed by atoms with van der Waals surface area (Å²) >= 11 is 0. The second-order valence-corrected chi connectivity index (χ2v) is 7.29. The highest BCUT2D eigenvalue weighted by Gasteiger charge is 2.33. The number of rotatable bonds is 2. The van der Waals surface area contributed by atoms with E-state index >= 15 is 0 Å². The van der Waals surface area contributed by atoms with E-state index in [4.69, 9.17) is 14.9 Å². The summed E-state index contributed by atoms with van der Waals surface area (Å²) in [6.45, 7) is 0.120. The molecule has 0 spiro atoms. The van der Waals surface area contributed by atoms with Crippen molar-refractivity contribution < 1.29 is 14.6 Å². The van der Waals surface area contributed by atoms with Crippen LogP contribution < -0.4 is 15.0 Å². The quantitative estimate of drug-likeness (QED) is 0.620. The third kappa shape index (κ3) is 2.80. The molecule has 2 aliphatic rings. The molecule has 1 atom stereocenters. The zero-order valence-corrected chi connectivity index (χ0v) is 16.5. The Morgan fingerprint density at radius 2 is 2.00 bits per heavy atom. The minimum atomic E-state index is -0.588. The largest absolute Gasteiger partial charge is 0.506 e. The lowest BCUT2D eigenvalue weighted by molar-refractivity contribution is 0.174. The van der Waals surface area contributed by atoms with Crippen LogP contribution in [0, 0.1) is 16.9 Å². The maximum atomic E-state index is 13.1. The fourth-order valence-electron chi connectivity index (χ4n) is 4.05. The number of nitrogens with zero attached hydrogens (tertiary/aromatic N) is 4. The molecule has 154 valence electrons. The van der Waals surface area contributed by atoms with Crippen molar-refractivity contribution in [2.45, 2.75) is 12.5 Å². The number of ether oxygens (including phenoxy) is 2. The van der Waals surface area contributed by atoms with Gasteiger partial charge in [0.05, 0.1) is 17.3 Å². The lowest BCUT2D eigenvalue weighted by atomic mass is 9.93. The van der Waals surface area contributed by atoms with Gasteiger partial charge in [-0.05, 0) is 29.8 Å². The summed E-state index contributed by atoms with van der Waals surface area (Å²) < 4.78 is 12.2. The summed E-state index contributed by atoms with van der Waals surface area (Å²) in [6, 6.07) is 11.7. The number of pyridine rings is 1. The predicted molar refractivity (Wildman–Crippen MR) is 112 cm³/mol. The number of aliphatic imine (C=N–C) groups is 1. The fourth-order valence-corrected chi connectivity index (χ4v) is 4.05. The van der Waals surface area contributed by atoms with Gasteiger partial charge in [-0.1, -0.05) is 18.2 Å². The second kappa shape index (κ2) is 6.88. The monoisotopic (exact) mass is 415 g/mol. The molecule has 1 unspecified atom stereocenters. The third-order valence-electron chi connectivity index (χ3n) is 5.62. The van der Waals surface area contributed by atoms with Gasteiger partial charge in [0.1, 0.15) is 11.3 Å². The van der Waals surface area contributed by atoms with Crippen LogP contribution in [0.2, 0.25) is 0 Å². The molecule has 0 bridgehead atoms. The van der Waals surface area contributed by atoms with Crippen molar-refractivity contribution in [2.75, 3.05) is 6.79 Å². The molecular formula is C22H17N5O4. The second-order valence-electron chi connectivity index (χ2n) is 7.29. The summed E-state index contributed by atoms with van der Waals surface area (Å²) in [5.41, 5.74) is 1.17. The normalized spacial score (nSPS) is 17.5. The Bertz CT molecular complexity index is 1390. The van der Waals surface area contributed by atoms with Crippen LogP contribution in [0.4, 0.5) is 0 Å². The topological polar surface area (TPSA) is 124 Å². The molecule has 2 aromatic carbocycles. The van der Waals surface area contributed by atoms with Gasteiger partial charge in [0.15, 0.2) is 17.7 Å². The minimum absolute atomic E-state index is 0.0364. The van der Waals surface area contributed by atoms with Gasteiger partial charge < -0.3 is 19.1 Å². The van der Waals surface area contributed by atoms with Crippen LogP contribution in [0.3, 0.4) is 0 Å². The number of guanidine groups is 1. The Hall–Kier alpha value is -4.32. The molecule has 9 heteroatoms. The molecule has 2 aliphatic heterocycles. The Labute approximate surface area is 176 Å². The maximum Gasteiger partial charge on any atom is 0.263 e. The summed E-state index contributed by atoms with van der Waals surface area (Å²) in [7, 11) is 1.62. The first-order valence-electron chi connectivity index (χ1n) is 9.55. The zero-order valence-electron chi connectivity index (χ0n) is 16.5. The molecule has 0 saturated carbocycles. The van der Waals surface area contributed by atoms with Crippen molar-refractivity contribution in [1.29, 1.82) is 10.7 Å². The number of hydrogen-bond donors (Lipinski definition) is 2. The van der Waals surface area contributed by atoms with E-state index < -0.39 is 11.6 Å². The zero-order chi connectivity index (χ0) is 21.7. The fraction of sp³-hybridized carbons (Fsp3) is 0.182. The number of aryl methyl sites for hydroxylation is 1. The molecule has 1 aromatic heterocycles. The molecule has 3 aromatic rings. The molecule has 2 N–H and O–H groups in total.